The molecule has 9 heteroatoms. The quantitative estimate of drug-likeness (QED) is 0.0366. The predicted octanol–water partition coefficient (Wildman–Crippen LogP) is 16.2. The van der Waals surface area contributed by atoms with Crippen molar-refractivity contribution in [3.8, 4) is 0 Å². The van der Waals surface area contributed by atoms with Gasteiger partial charge >= 0.3 is 19.8 Å². The van der Waals surface area contributed by atoms with Gasteiger partial charge in [-0.3, -0.25) is 18.6 Å². The average Bonchev–Trinajstić information content (AvgIpc) is 3.20. The fraction of sp³-hybridized carbons (Fsp3) is 0.959. The van der Waals surface area contributed by atoms with E-state index in [1.165, 1.54) is 205 Å². The van der Waals surface area contributed by atoms with Crippen LogP contribution in [0.1, 0.15) is 278 Å². The highest BCUT2D eigenvalue weighted by molar-refractivity contribution is 7.47. The highest BCUT2D eigenvalue weighted by atomic mass is 31.2. The van der Waals surface area contributed by atoms with Gasteiger partial charge in [0.1, 0.15) is 6.61 Å². The third kappa shape index (κ3) is 44.6. The number of phosphoric acid groups is 1. The zero-order valence-corrected chi connectivity index (χ0v) is 39.6. The third-order valence-electron chi connectivity index (χ3n) is 11.4. The highest BCUT2D eigenvalue weighted by Gasteiger charge is 2.25. The zero-order valence-electron chi connectivity index (χ0n) is 38.7. The molecule has 0 heterocycles. The summed E-state index contributed by atoms with van der Waals surface area (Å²) in [6, 6.07) is 0. The SMILES string of the molecule is CCCCCCCCCCCCCCCCCCCCCC(=O)OCC(COP(=O)(O)OCC)OC(=O)CCCCCCCCCCCCCCCCCCCCC. The number of esters is 2. The molecule has 0 saturated heterocycles. The predicted molar refractivity (Wildman–Crippen MR) is 244 cm³/mol. The first-order valence-corrected chi connectivity index (χ1v) is 26.8. The largest absolute Gasteiger partial charge is 0.472 e. The molecule has 2 unspecified atom stereocenters. The van der Waals surface area contributed by atoms with Crippen molar-refractivity contribution in [1.29, 1.82) is 0 Å². The molecule has 0 bridgehead atoms. The minimum absolute atomic E-state index is 0.00601. The minimum Gasteiger partial charge on any atom is -0.462 e. The summed E-state index contributed by atoms with van der Waals surface area (Å²) in [7, 11) is -4.28. The zero-order chi connectivity index (χ0) is 42.5. The molecule has 0 radical (unpaired) electrons. The molecule has 0 spiro atoms. The molecule has 0 fully saturated rings. The lowest BCUT2D eigenvalue weighted by molar-refractivity contribution is -0.161. The van der Waals surface area contributed by atoms with Gasteiger partial charge in [0, 0.05) is 12.8 Å². The van der Waals surface area contributed by atoms with Crippen molar-refractivity contribution < 1.29 is 37.6 Å². The van der Waals surface area contributed by atoms with Crippen LogP contribution >= 0.6 is 7.82 Å². The van der Waals surface area contributed by atoms with Gasteiger partial charge in [-0.15, -0.1) is 0 Å². The van der Waals surface area contributed by atoms with E-state index in [0.29, 0.717) is 6.42 Å². The van der Waals surface area contributed by atoms with Gasteiger partial charge in [0.15, 0.2) is 6.10 Å². The molecule has 346 valence electrons. The van der Waals surface area contributed by atoms with E-state index in [4.69, 9.17) is 18.5 Å². The van der Waals surface area contributed by atoms with Gasteiger partial charge < -0.3 is 14.4 Å². The van der Waals surface area contributed by atoms with Crippen LogP contribution in [0.4, 0.5) is 0 Å². The Bertz CT molecular complexity index is 915. The Kier molecular flexibility index (Phi) is 44.8. The third-order valence-corrected chi connectivity index (χ3v) is 12.5. The second kappa shape index (κ2) is 45.6. The van der Waals surface area contributed by atoms with Gasteiger partial charge in [-0.05, 0) is 19.8 Å². The van der Waals surface area contributed by atoms with Crippen LogP contribution in [0.25, 0.3) is 0 Å². The maximum absolute atomic E-state index is 12.6. The van der Waals surface area contributed by atoms with E-state index in [2.05, 4.69) is 13.8 Å². The summed E-state index contributed by atoms with van der Waals surface area (Å²) in [5.41, 5.74) is 0. The minimum atomic E-state index is -4.28. The smallest absolute Gasteiger partial charge is 0.462 e. The maximum atomic E-state index is 12.6. The molecular formula is C49H97O8P. The molecule has 0 aliphatic rings. The van der Waals surface area contributed by atoms with E-state index in [1.807, 2.05) is 0 Å². The van der Waals surface area contributed by atoms with Crippen LogP contribution in [0.3, 0.4) is 0 Å². The van der Waals surface area contributed by atoms with Crippen LogP contribution in [-0.4, -0.2) is 42.8 Å². The summed E-state index contributed by atoms with van der Waals surface area (Å²) in [5.74, 6) is -0.775. The van der Waals surface area contributed by atoms with Crippen LogP contribution in [0.2, 0.25) is 0 Å². The summed E-state index contributed by atoms with van der Waals surface area (Å²) >= 11 is 0. The molecule has 0 aromatic heterocycles. The Hall–Kier alpha value is -0.950. The molecule has 1 N–H and O–H groups in total. The second-order valence-electron chi connectivity index (χ2n) is 17.2. The van der Waals surface area contributed by atoms with Crippen molar-refractivity contribution in [2.24, 2.45) is 0 Å². The van der Waals surface area contributed by atoms with E-state index in [9.17, 15) is 19.0 Å². The van der Waals surface area contributed by atoms with Crippen LogP contribution in [0.15, 0.2) is 0 Å². The summed E-state index contributed by atoms with van der Waals surface area (Å²) in [4.78, 5) is 34.9. The van der Waals surface area contributed by atoms with Gasteiger partial charge in [0.05, 0.1) is 13.2 Å². The first kappa shape index (κ1) is 57.1. The number of hydrogen-bond acceptors (Lipinski definition) is 7. The number of carbonyl (C=O) groups is 2. The monoisotopic (exact) mass is 845 g/mol. The Balaban J connectivity index is 3.93. The van der Waals surface area contributed by atoms with Gasteiger partial charge in [-0.25, -0.2) is 4.57 Å². The van der Waals surface area contributed by atoms with E-state index in [1.54, 1.807) is 6.92 Å². The average molecular weight is 845 g/mol. The van der Waals surface area contributed by atoms with Crippen LogP contribution in [0.5, 0.6) is 0 Å². The van der Waals surface area contributed by atoms with Gasteiger partial charge in [0.25, 0.3) is 0 Å². The van der Waals surface area contributed by atoms with Crippen molar-refractivity contribution in [3.05, 3.63) is 0 Å². The van der Waals surface area contributed by atoms with Crippen LogP contribution < -0.4 is 0 Å². The summed E-state index contributed by atoms with van der Waals surface area (Å²) in [6.45, 7) is 5.55. The molecule has 0 aliphatic heterocycles. The van der Waals surface area contributed by atoms with E-state index < -0.39 is 19.9 Å². The Morgan fingerprint density at radius 1 is 0.397 bits per heavy atom. The maximum Gasteiger partial charge on any atom is 0.472 e. The van der Waals surface area contributed by atoms with Crippen molar-refractivity contribution in [3.63, 3.8) is 0 Å². The Morgan fingerprint density at radius 3 is 0.966 bits per heavy atom. The van der Waals surface area contributed by atoms with Crippen LogP contribution in [0, 0.1) is 0 Å². The normalized spacial score (nSPS) is 13.1. The highest BCUT2D eigenvalue weighted by Crippen LogP contribution is 2.43. The number of hydrogen-bond donors (Lipinski definition) is 1. The molecule has 0 aliphatic carbocycles. The standard InChI is InChI=1S/C49H97O8P/c1-4-7-9-11-13-15-17-19-21-23-25-27-29-31-33-35-37-39-41-43-48(50)54-45-47(46-56-58(52,53)55-6-3)57-49(51)44-42-40-38-36-34-32-30-28-26-24-22-20-18-16-14-12-10-8-5-2/h47H,4-46H2,1-3H3,(H,52,53). The molecule has 58 heavy (non-hydrogen) atoms. The number of phosphoric ester groups is 1. The van der Waals surface area contributed by atoms with E-state index in [-0.39, 0.29) is 32.2 Å². The lowest BCUT2D eigenvalue weighted by atomic mass is 10.0. The first-order valence-electron chi connectivity index (χ1n) is 25.3. The van der Waals surface area contributed by atoms with Crippen molar-refractivity contribution >= 4 is 19.8 Å². The molecule has 0 aromatic carbocycles. The van der Waals surface area contributed by atoms with Crippen molar-refractivity contribution in [2.45, 2.75) is 284 Å². The number of rotatable bonds is 48. The molecule has 2 atom stereocenters. The fourth-order valence-electron chi connectivity index (χ4n) is 7.69. The number of ether oxygens (including phenoxy) is 2. The van der Waals surface area contributed by atoms with Crippen molar-refractivity contribution in [1.82, 2.24) is 0 Å². The lowest BCUT2D eigenvalue weighted by Crippen LogP contribution is -2.29. The molecule has 0 amide bonds. The second-order valence-corrected chi connectivity index (χ2v) is 18.7. The van der Waals surface area contributed by atoms with Gasteiger partial charge in [-0.1, -0.05) is 245 Å². The first-order chi connectivity index (χ1) is 28.3. The molecule has 0 saturated carbocycles. The van der Waals surface area contributed by atoms with E-state index >= 15 is 0 Å². The topological polar surface area (TPSA) is 108 Å². The number of carbonyl (C=O) groups excluding carboxylic acids is 2. The fourth-order valence-corrected chi connectivity index (χ4v) is 8.45. The van der Waals surface area contributed by atoms with Gasteiger partial charge in [0.2, 0.25) is 0 Å². The lowest BCUT2D eigenvalue weighted by Gasteiger charge is -2.19. The van der Waals surface area contributed by atoms with E-state index in [0.717, 1.165) is 38.5 Å². The molecule has 8 nitrogen and oxygen atoms in total. The Labute approximate surface area is 359 Å². The molecular weight excluding hydrogens is 748 g/mol. The molecule has 0 rings (SSSR count). The molecule has 0 aromatic rings. The number of unbranched alkanes of at least 4 members (excludes halogenated alkanes) is 36. The summed E-state index contributed by atoms with van der Waals surface area (Å²) < 4.78 is 32.8. The van der Waals surface area contributed by atoms with Crippen molar-refractivity contribution in [2.75, 3.05) is 19.8 Å². The summed E-state index contributed by atoms with van der Waals surface area (Å²) in [5, 5.41) is 0. The van der Waals surface area contributed by atoms with Gasteiger partial charge in [-0.2, -0.15) is 0 Å². The van der Waals surface area contributed by atoms with Crippen LogP contribution in [-0.2, 0) is 32.7 Å². The Morgan fingerprint density at radius 2 is 0.672 bits per heavy atom. The summed E-state index contributed by atoms with van der Waals surface area (Å²) in [6.07, 6.45) is 48.8.